The zero-order valence-corrected chi connectivity index (χ0v) is 11.6. The van der Waals surface area contributed by atoms with Gasteiger partial charge in [-0.1, -0.05) is 13.8 Å². The molecule has 1 aliphatic heterocycles. The summed E-state index contributed by atoms with van der Waals surface area (Å²) in [6.45, 7) is 7.90. The molecule has 0 bridgehead atoms. The van der Waals surface area contributed by atoms with Crippen molar-refractivity contribution in [1.29, 1.82) is 0 Å². The van der Waals surface area contributed by atoms with E-state index in [4.69, 9.17) is 14.2 Å². The molecule has 4 nitrogen and oxygen atoms in total. The van der Waals surface area contributed by atoms with Crippen molar-refractivity contribution in [3.05, 3.63) is 0 Å². The molecule has 3 atom stereocenters. The number of fused-ring (bicyclic) bond motifs is 1. The van der Waals surface area contributed by atoms with Crippen molar-refractivity contribution in [3.8, 4) is 0 Å². The Hall–Kier alpha value is -0.610. The van der Waals surface area contributed by atoms with Gasteiger partial charge in [0.15, 0.2) is 0 Å². The van der Waals surface area contributed by atoms with Crippen LogP contribution in [0.25, 0.3) is 0 Å². The molecule has 0 amide bonds. The first-order valence-corrected chi connectivity index (χ1v) is 6.93. The van der Waals surface area contributed by atoms with Gasteiger partial charge in [-0.25, -0.2) is 0 Å². The average molecular weight is 256 g/mol. The molecule has 0 aromatic heterocycles. The SMILES string of the molecule is CC(C)COCCOC(=O)C1CCC2(C)OC2C1. The smallest absolute Gasteiger partial charge is 0.309 e. The van der Waals surface area contributed by atoms with E-state index < -0.39 is 0 Å². The normalized spacial score (nSPS) is 34.2. The van der Waals surface area contributed by atoms with Crippen molar-refractivity contribution in [2.45, 2.75) is 51.7 Å². The summed E-state index contributed by atoms with van der Waals surface area (Å²) in [6.07, 6.45) is 2.96. The van der Waals surface area contributed by atoms with Gasteiger partial charge < -0.3 is 14.2 Å². The maximum absolute atomic E-state index is 11.8. The first kappa shape index (κ1) is 13.8. The first-order valence-electron chi connectivity index (χ1n) is 6.93. The molecule has 1 aliphatic carbocycles. The van der Waals surface area contributed by atoms with Gasteiger partial charge in [-0.05, 0) is 32.1 Å². The average Bonchev–Trinajstić information content (AvgIpc) is 2.98. The van der Waals surface area contributed by atoms with Crippen LogP contribution >= 0.6 is 0 Å². The number of hydrogen-bond acceptors (Lipinski definition) is 4. The molecule has 18 heavy (non-hydrogen) atoms. The fraction of sp³-hybridized carbons (Fsp3) is 0.929. The van der Waals surface area contributed by atoms with Crippen molar-refractivity contribution in [1.82, 2.24) is 0 Å². The maximum Gasteiger partial charge on any atom is 0.309 e. The highest BCUT2D eigenvalue weighted by molar-refractivity contribution is 5.72. The van der Waals surface area contributed by atoms with Crippen molar-refractivity contribution < 1.29 is 19.0 Å². The van der Waals surface area contributed by atoms with Crippen LogP contribution in [0.15, 0.2) is 0 Å². The number of epoxide rings is 1. The molecule has 0 aromatic carbocycles. The Bertz CT molecular complexity index is 302. The van der Waals surface area contributed by atoms with Crippen LogP contribution < -0.4 is 0 Å². The molecule has 2 rings (SSSR count). The fourth-order valence-electron chi connectivity index (χ4n) is 2.50. The largest absolute Gasteiger partial charge is 0.463 e. The van der Waals surface area contributed by atoms with Crippen molar-refractivity contribution >= 4 is 5.97 Å². The Morgan fingerprint density at radius 3 is 2.89 bits per heavy atom. The monoisotopic (exact) mass is 256 g/mol. The highest BCUT2D eigenvalue weighted by atomic mass is 16.6. The molecule has 2 fully saturated rings. The first-order chi connectivity index (χ1) is 8.51. The summed E-state index contributed by atoms with van der Waals surface area (Å²) in [5, 5.41) is 0. The fourth-order valence-corrected chi connectivity index (χ4v) is 2.50. The van der Waals surface area contributed by atoms with Gasteiger partial charge in [-0.3, -0.25) is 4.79 Å². The third-order valence-electron chi connectivity index (χ3n) is 3.78. The number of ether oxygens (including phenoxy) is 3. The van der Waals surface area contributed by atoms with Gasteiger partial charge in [0.25, 0.3) is 0 Å². The van der Waals surface area contributed by atoms with E-state index >= 15 is 0 Å². The van der Waals surface area contributed by atoms with E-state index in [2.05, 4.69) is 20.8 Å². The predicted molar refractivity (Wildman–Crippen MR) is 67.2 cm³/mol. The summed E-state index contributed by atoms with van der Waals surface area (Å²) >= 11 is 0. The van der Waals surface area contributed by atoms with Crippen LogP contribution in [-0.2, 0) is 19.0 Å². The molecule has 3 unspecified atom stereocenters. The van der Waals surface area contributed by atoms with Crippen LogP contribution in [0, 0.1) is 11.8 Å². The predicted octanol–water partition coefficient (Wildman–Crippen LogP) is 2.16. The Balaban J connectivity index is 1.58. The quantitative estimate of drug-likeness (QED) is 0.415. The van der Waals surface area contributed by atoms with Gasteiger partial charge in [-0.2, -0.15) is 0 Å². The van der Waals surface area contributed by atoms with Crippen molar-refractivity contribution in [2.24, 2.45) is 11.8 Å². The third kappa shape index (κ3) is 3.45. The lowest BCUT2D eigenvalue weighted by atomic mass is 9.83. The summed E-state index contributed by atoms with van der Waals surface area (Å²) in [5.41, 5.74) is 0.0666. The van der Waals surface area contributed by atoms with E-state index in [-0.39, 0.29) is 23.6 Å². The summed E-state index contributed by atoms with van der Waals surface area (Å²) in [6, 6.07) is 0. The molecule has 1 saturated carbocycles. The standard InChI is InChI=1S/C14H24O4/c1-10(2)9-16-6-7-17-13(15)11-4-5-14(3)12(8-11)18-14/h10-12H,4-9H2,1-3H3. The lowest BCUT2D eigenvalue weighted by Crippen LogP contribution is -2.28. The van der Waals surface area contributed by atoms with Gasteiger partial charge in [0.2, 0.25) is 0 Å². The number of rotatable bonds is 6. The van der Waals surface area contributed by atoms with Crippen molar-refractivity contribution in [2.75, 3.05) is 19.8 Å². The van der Waals surface area contributed by atoms with E-state index in [1.807, 2.05) is 0 Å². The summed E-state index contributed by atoms with van der Waals surface area (Å²) in [5.74, 6) is 0.458. The lowest BCUT2D eigenvalue weighted by molar-refractivity contribution is -0.151. The number of esters is 1. The van der Waals surface area contributed by atoms with Gasteiger partial charge in [-0.15, -0.1) is 0 Å². The Morgan fingerprint density at radius 2 is 2.22 bits per heavy atom. The molecule has 0 radical (unpaired) electrons. The zero-order chi connectivity index (χ0) is 13.2. The second-order valence-electron chi connectivity index (χ2n) is 6.03. The van der Waals surface area contributed by atoms with E-state index in [1.165, 1.54) is 0 Å². The molecule has 4 heteroatoms. The van der Waals surface area contributed by atoms with Gasteiger partial charge >= 0.3 is 5.97 Å². The topological polar surface area (TPSA) is 48.1 Å². The van der Waals surface area contributed by atoms with E-state index in [0.29, 0.717) is 19.1 Å². The second kappa shape index (κ2) is 5.57. The zero-order valence-electron chi connectivity index (χ0n) is 11.6. The second-order valence-corrected chi connectivity index (χ2v) is 6.03. The summed E-state index contributed by atoms with van der Waals surface area (Å²) in [4.78, 5) is 11.8. The molecule has 1 heterocycles. The minimum Gasteiger partial charge on any atom is -0.463 e. The molecule has 0 spiro atoms. The number of carbonyl (C=O) groups is 1. The van der Waals surface area contributed by atoms with Gasteiger partial charge in [0, 0.05) is 6.61 Å². The summed E-state index contributed by atoms with van der Waals surface area (Å²) in [7, 11) is 0. The van der Waals surface area contributed by atoms with Crippen LogP contribution in [0.4, 0.5) is 0 Å². The third-order valence-corrected chi connectivity index (χ3v) is 3.78. The molecule has 104 valence electrons. The van der Waals surface area contributed by atoms with Crippen LogP contribution in [0.3, 0.4) is 0 Å². The molecular weight excluding hydrogens is 232 g/mol. The van der Waals surface area contributed by atoms with Crippen LogP contribution in [-0.4, -0.2) is 37.5 Å². The minimum absolute atomic E-state index is 0.0238. The molecule has 1 saturated heterocycles. The van der Waals surface area contributed by atoms with E-state index in [1.54, 1.807) is 0 Å². The number of hydrogen-bond donors (Lipinski definition) is 0. The van der Waals surface area contributed by atoms with E-state index in [9.17, 15) is 4.79 Å². The summed E-state index contributed by atoms with van der Waals surface area (Å²) < 4.78 is 16.2. The highest BCUT2D eigenvalue weighted by Crippen LogP contribution is 2.49. The molecule has 0 aromatic rings. The molecule has 0 N–H and O–H groups in total. The maximum atomic E-state index is 11.8. The van der Waals surface area contributed by atoms with Crippen LogP contribution in [0.2, 0.25) is 0 Å². The van der Waals surface area contributed by atoms with Crippen LogP contribution in [0.5, 0.6) is 0 Å². The number of carbonyl (C=O) groups excluding carboxylic acids is 1. The molecular formula is C14H24O4. The van der Waals surface area contributed by atoms with Gasteiger partial charge in [0.05, 0.1) is 24.2 Å². The van der Waals surface area contributed by atoms with Gasteiger partial charge in [0.1, 0.15) is 6.61 Å². The molecule has 2 aliphatic rings. The Kier molecular flexibility index (Phi) is 4.28. The minimum atomic E-state index is -0.0827. The van der Waals surface area contributed by atoms with Crippen LogP contribution in [0.1, 0.15) is 40.0 Å². The Labute approximate surface area is 109 Å². The van der Waals surface area contributed by atoms with Crippen molar-refractivity contribution in [3.63, 3.8) is 0 Å². The lowest BCUT2D eigenvalue weighted by Gasteiger charge is -2.20. The highest BCUT2D eigenvalue weighted by Gasteiger charge is 2.56. The van der Waals surface area contributed by atoms with E-state index in [0.717, 1.165) is 25.9 Å². The Morgan fingerprint density at radius 1 is 1.44 bits per heavy atom.